The SMILES string of the molecule is CO[C@H]1O[C@H](COCc2ccccc2)[C@@H](OC)[C@H]1OC(=S)SC. The summed E-state index contributed by atoms with van der Waals surface area (Å²) in [5.74, 6) is 0. The average molecular weight is 358 g/mol. The summed E-state index contributed by atoms with van der Waals surface area (Å²) in [5, 5.41) is 0. The fraction of sp³-hybridized carbons (Fsp3) is 0.562. The van der Waals surface area contributed by atoms with Crippen molar-refractivity contribution < 1.29 is 23.7 Å². The Labute approximate surface area is 146 Å². The van der Waals surface area contributed by atoms with E-state index in [1.807, 2.05) is 36.6 Å². The van der Waals surface area contributed by atoms with Crippen LogP contribution in [-0.2, 0) is 30.3 Å². The monoisotopic (exact) mass is 358 g/mol. The zero-order valence-electron chi connectivity index (χ0n) is 13.5. The summed E-state index contributed by atoms with van der Waals surface area (Å²) in [6.45, 7) is 0.905. The van der Waals surface area contributed by atoms with E-state index in [9.17, 15) is 0 Å². The van der Waals surface area contributed by atoms with Gasteiger partial charge < -0.3 is 23.7 Å². The molecule has 1 aromatic carbocycles. The van der Waals surface area contributed by atoms with Crippen LogP contribution in [0.4, 0.5) is 0 Å². The fourth-order valence-corrected chi connectivity index (χ4v) is 2.77. The largest absolute Gasteiger partial charge is 0.467 e. The molecule has 1 aliphatic rings. The Morgan fingerprint density at radius 2 is 1.91 bits per heavy atom. The molecule has 0 unspecified atom stereocenters. The number of benzene rings is 1. The van der Waals surface area contributed by atoms with Crippen molar-refractivity contribution >= 4 is 28.4 Å². The molecule has 0 bridgehead atoms. The highest BCUT2D eigenvalue weighted by molar-refractivity contribution is 8.22. The standard InChI is InChI=1S/C16H22O5S2/c1-17-13-12(10-19-9-11-7-5-4-6-8-11)20-15(18-2)14(13)21-16(22)23-3/h4-8,12-15H,9-10H2,1-3H3/t12-,13-,14-,15+/m1/s1. The summed E-state index contributed by atoms with van der Waals surface area (Å²) >= 11 is 6.49. The molecule has 23 heavy (non-hydrogen) atoms. The van der Waals surface area contributed by atoms with Crippen LogP contribution in [0, 0.1) is 0 Å². The summed E-state index contributed by atoms with van der Waals surface area (Å²) in [6, 6.07) is 9.98. The minimum absolute atomic E-state index is 0.275. The van der Waals surface area contributed by atoms with Crippen LogP contribution in [0.1, 0.15) is 5.56 Å². The average Bonchev–Trinajstić information content (AvgIpc) is 2.92. The Hall–Kier alpha value is -0.700. The smallest absolute Gasteiger partial charge is 0.220 e. The van der Waals surface area contributed by atoms with Crippen molar-refractivity contribution in [2.24, 2.45) is 0 Å². The van der Waals surface area contributed by atoms with E-state index in [1.54, 1.807) is 14.2 Å². The first-order valence-corrected chi connectivity index (χ1v) is 8.90. The molecule has 0 spiro atoms. The lowest BCUT2D eigenvalue weighted by atomic mass is 10.1. The molecular weight excluding hydrogens is 336 g/mol. The van der Waals surface area contributed by atoms with Crippen LogP contribution >= 0.6 is 24.0 Å². The van der Waals surface area contributed by atoms with Crippen LogP contribution in [0.5, 0.6) is 0 Å². The first-order chi connectivity index (χ1) is 11.2. The van der Waals surface area contributed by atoms with Crippen molar-refractivity contribution in [1.82, 2.24) is 0 Å². The number of methoxy groups -OCH3 is 2. The van der Waals surface area contributed by atoms with Gasteiger partial charge in [0.05, 0.1) is 13.2 Å². The van der Waals surface area contributed by atoms with Crippen molar-refractivity contribution in [2.75, 3.05) is 27.1 Å². The quantitative estimate of drug-likeness (QED) is 0.694. The van der Waals surface area contributed by atoms with E-state index >= 15 is 0 Å². The van der Waals surface area contributed by atoms with Crippen molar-refractivity contribution in [2.45, 2.75) is 31.2 Å². The summed E-state index contributed by atoms with van der Waals surface area (Å²) in [4.78, 5) is 0. The second-order valence-electron chi connectivity index (χ2n) is 5.02. The molecule has 0 aliphatic carbocycles. The van der Waals surface area contributed by atoms with Gasteiger partial charge in [-0.05, 0) is 24.0 Å². The van der Waals surface area contributed by atoms with Gasteiger partial charge in [0.2, 0.25) is 4.38 Å². The normalized spacial score (nSPS) is 27.1. The molecule has 0 amide bonds. The van der Waals surface area contributed by atoms with Gasteiger partial charge in [-0.2, -0.15) is 0 Å². The van der Waals surface area contributed by atoms with E-state index in [-0.39, 0.29) is 12.2 Å². The number of rotatable bonds is 7. The number of ether oxygens (including phenoxy) is 5. The van der Waals surface area contributed by atoms with Crippen LogP contribution in [0.15, 0.2) is 30.3 Å². The molecule has 1 heterocycles. The summed E-state index contributed by atoms with van der Waals surface area (Å²) in [7, 11) is 3.19. The van der Waals surface area contributed by atoms with E-state index in [4.69, 9.17) is 35.9 Å². The van der Waals surface area contributed by atoms with Crippen molar-refractivity contribution in [1.29, 1.82) is 0 Å². The Balaban J connectivity index is 1.91. The Kier molecular flexibility index (Phi) is 7.75. The summed E-state index contributed by atoms with van der Waals surface area (Å²) in [5.41, 5.74) is 1.11. The minimum atomic E-state index is -0.532. The van der Waals surface area contributed by atoms with Gasteiger partial charge in [0.1, 0.15) is 12.2 Å². The zero-order chi connectivity index (χ0) is 16.7. The highest BCUT2D eigenvalue weighted by atomic mass is 32.2. The molecule has 2 rings (SSSR count). The van der Waals surface area contributed by atoms with Gasteiger partial charge in [-0.3, -0.25) is 0 Å². The van der Waals surface area contributed by atoms with Gasteiger partial charge in [-0.25, -0.2) is 0 Å². The predicted octanol–water partition coefficient (Wildman–Crippen LogP) is 2.62. The molecule has 1 aliphatic heterocycles. The lowest BCUT2D eigenvalue weighted by Crippen LogP contribution is -2.39. The molecular formula is C16H22O5S2. The molecule has 1 saturated heterocycles. The van der Waals surface area contributed by atoms with Crippen LogP contribution in [-0.4, -0.2) is 56.1 Å². The molecule has 0 radical (unpaired) electrons. The third kappa shape index (κ3) is 5.14. The van der Waals surface area contributed by atoms with Gasteiger partial charge in [-0.15, -0.1) is 0 Å². The van der Waals surface area contributed by atoms with Crippen molar-refractivity contribution in [3.63, 3.8) is 0 Å². The van der Waals surface area contributed by atoms with Crippen LogP contribution < -0.4 is 0 Å². The molecule has 7 heteroatoms. The number of thiocarbonyl (C=S) groups is 1. The number of hydrogen-bond donors (Lipinski definition) is 0. The van der Waals surface area contributed by atoms with Crippen LogP contribution in [0.2, 0.25) is 0 Å². The Morgan fingerprint density at radius 3 is 2.52 bits per heavy atom. The number of hydrogen-bond acceptors (Lipinski definition) is 7. The van der Waals surface area contributed by atoms with E-state index in [0.717, 1.165) is 5.56 Å². The Morgan fingerprint density at radius 1 is 1.17 bits per heavy atom. The van der Waals surface area contributed by atoms with Crippen LogP contribution in [0.25, 0.3) is 0 Å². The molecule has 5 nitrogen and oxygen atoms in total. The summed E-state index contributed by atoms with van der Waals surface area (Å²) in [6.07, 6.45) is 0.345. The second-order valence-corrected chi connectivity index (χ2v) is 6.42. The van der Waals surface area contributed by atoms with Crippen LogP contribution in [0.3, 0.4) is 0 Å². The van der Waals surface area contributed by atoms with Crippen molar-refractivity contribution in [3.8, 4) is 0 Å². The Bertz CT molecular complexity index is 485. The maximum absolute atomic E-state index is 5.84. The molecule has 1 fully saturated rings. The third-order valence-electron chi connectivity index (χ3n) is 3.56. The summed E-state index contributed by atoms with van der Waals surface area (Å²) < 4.78 is 28.6. The van der Waals surface area contributed by atoms with E-state index in [2.05, 4.69) is 0 Å². The zero-order valence-corrected chi connectivity index (χ0v) is 15.1. The highest BCUT2D eigenvalue weighted by Crippen LogP contribution is 2.28. The maximum atomic E-state index is 5.84. The molecule has 4 atom stereocenters. The minimum Gasteiger partial charge on any atom is -0.467 e. The topological polar surface area (TPSA) is 46.2 Å². The first-order valence-electron chi connectivity index (χ1n) is 7.27. The van der Waals surface area contributed by atoms with E-state index in [0.29, 0.717) is 17.6 Å². The molecule has 1 aromatic rings. The third-order valence-corrected chi connectivity index (χ3v) is 4.59. The van der Waals surface area contributed by atoms with Crippen molar-refractivity contribution in [3.05, 3.63) is 35.9 Å². The predicted molar refractivity (Wildman–Crippen MR) is 93.6 cm³/mol. The molecule has 0 N–H and O–H groups in total. The highest BCUT2D eigenvalue weighted by Gasteiger charge is 2.47. The molecule has 0 saturated carbocycles. The van der Waals surface area contributed by atoms with E-state index < -0.39 is 12.4 Å². The number of thioether (sulfide) groups is 1. The lowest BCUT2D eigenvalue weighted by Gasteiger charge is -2.23. The first kappa shape index (κ1) is 18.6. The van der Waals surface area contributed by atoms with Gasteiger partial charge in [0.15, 0.2) is 12.4 Å². The van der Waals surface area contributed by atoms with Gasteiger partial charge >= 0.3 is 0 Å². The van der Waals surface area contributed by atoms with Gasteiger partial charge in [0, 0.05) is 14.2 Å². The van der Waals surface area contributed by atoms with E-state index in [1.165, 1.54) is 11.8 Å². The lowest BCUT2D eigenvalue weighted by molar-refractivity contribution is -0.153. The second kappa shape index (κ2) is 9.56. The molecule has 128 valence electrons. The van der Waals surface area contributed by atoms with Gasteiger partial charge in [0.25, 0.3) is 0 Å². The van der Waals surface area contributed by atoms with Gasteiger partial charge in [-0.1, -0.05) is 42.1 Å². The maximum Gasteiger partial charge on any atom is 0.220 e. The fourth-order valence-electron chi connectivity index (χ4n) is 2.45. The molecule has 0 aromatic heterocycles.